The van der Waals surface area contributed by atoms with Crippen molar-refractivity contribution in [1.29, 1.82) is 0 Å². The lowest BCUT2D eigenvalue weighted by molar-refractivity contribution is -0.890. The first-order valence-electron chi connectivity index (χ1n) is 18.9. The fourth-order valence-electron chi connectivity index (χ4n) is 6.29. The van der Waals surface area contributed by atoms with Crippen molar-refractivity contribution in [2.45, 2.75) is 219 Å². The van der Waals surface area contributed by atoms with Gasteiger partial charge in [-0.3, -0.25) is 0 Å². The van der Waals surface area contributed by atoms with E-state index in [1.165, 1.54) is 223 Å². The highest BCUT2D eigenvalue weighted by Gasteiger charge is 2.13. The van der Waals surface area contributed by atoms with Crippen LogP contribution in [0.25, 0.3) is 0 Å². The Hall–Kier alpha value is 0.250. The van der Waals surface area contributed by atoms with E-state index in [2.05, 4.69) is 27.9 Å². The number of nitrogens with zero attached hydrogens (tertiary/aromatic N) is 1. The molecule has 0 heterocycles. The summed E-state index contributed by atoms with van der Waals surface area (Å²) >= 11 is 0. The molecule has 0 radical (unpaired) electrons. The van der Waals surface area contributed by atoms with Crippen molar-refractivity contribution < 1.29 is 16.9 Å². The van der Waals surface area contributed by atoms with Crippen LogP contribution in [0, 0.1) is 0 Å². The van der Waals surface area contributed by atoms with E-state index in [1.54, 1.807) is 0 Å². The second kappa shape index (κ2) is 35.4. The van der Waals surface area contributed by atoms with Crippen LogP contribution in [0.5, 0.6) is 0 Å². The average molecular weight is 587 g/mol. The molecule has 244 valence electrons. The van der Waals surface area contributed by atoms with Gasteiger partial charge in [0.25, 0.3) is 0 Å². The zero-order valence-corrected chi connectivity index (χ0v) is 29.6. The number of halogens is 1. The largest absolute Gasteiger partial charge is 1.00 e. The third-order valence-corrected chi connectivity index (χ3v) is 9.23. The Morgan fingerprint density at radius 2 is 0.400 bits per heavy atom. The van der Waals surface area contributed by atoms with Crippen LogP contribution in [0.15, 0.2) is 0 Å². The zero-order valence-electron chi connectivity index (χ0n) is 28.9. The van der Waals surface area contributed by atoms with E-state index >= 15 is 0 Å². The van der Waals surface area contributed by atoms with Crippen molar-refractivity contribution in [2.24, 2.45) is 0 Å². The molecule has 0 N–H and O–H groups in total. The lowest BCUT2D eigenvalue weighted by Gasteiger charge is -2.30. The molecule has 0 saturated heterocycles. The zero-order chi connectivity index (χ0) is 28.5. The van der Waals surface area contributed by atoms with Gasteiger partial charge < -0.3 is 16.9 Å². The van der Waals surface area contributed by atoms with Gasteiger partial charge in [0.15, 0.2) is 0 Å². The molecule has 0 unspecified atom stereocenters. The van der Waals surface area contributed by atoms with Gasteiger partial charge in [-0.2, -0.15) is 0 Å². The van der Waals surface area contributed by atoms with Crippen LogP contribution in [-0.2, 0) is 0 Å². The number of quaternary nitrogens is 1. The highest BCUT2D eigenvalue weighted by atomic mass is 35.5. The van der Waals surface area contributed by atoms with E-state index in [1.807, 2.05) is 0 Å². The summed E-state index contributed by atoms with van der Waals surface area (Å²) in [6, 6.07) is 0. The summed E-state index contributed by atoms with van der Waals surface area (Å²) in [5, 5.41) is 0. The predicted molar refractivity (Wildman–Crippen MR) is 181 cm³/mol. The third kappa shape index (κ3) is 36.3. The Labute approximate surface area is 262 Å². The highest BCUT2D eigenvalue weighted by Crippen LogP contribution is 2.16. The maximum absolute atomic E-state index is 2.47. The first-order valence-corrected chi connectivity index (χ1v) is 18.9. The van der Waals surface area contributed by atoms with Gasteiger partial charge in [-0.15, -0.1) is 0 Å². The van der Waals surface area contributed by atoms with E-state index in [4.69, 9.17) is 0 Å². The van der Waals surface area contributed by atoms with Gasteiger partial charge >= 0.3 is 0 Å². The quantitative estimate of drug-likeness (QED) is 0.0520. The standard InChI is InChI=1S/C38H80N.ClH/c1-5-7-9-11-13-15-17-19-21-22-24-26-28-30-32-34-36-38-39(3,4)37-35-33-31-29-27-25-23-20-18-16-14-12-10-8-6-2;/h5-38H2,1-4H3;1H/q+1;/p-1. The second-order valence-electron chi connectivity index (χ2n) is 14.0. The number of hydrogen-bond donors (Lipinski definition) is 0. The molecular weight excluding hydrogens is 506 g/mol. The van der Waals surface area contributed by atoms with Crippen LogP contribution < -0.4 is 12.4 Å². The second-order valence-corrected chi connectivity index (χ2v) is 14.0. The van der Waals surface area contributed by atoms with E-state index in [9.17, 15) is 0 Å². The van der Waals surface area contributed by atoms with Gasteiger partial charge in [-0.1, -0.05) is 194 Å². The Bertz CT molecular complexity index is 435. The number of unbranched alkanes of at least 4 members (excludes halogenated alkanes) is 30. The van der Waals surface area contributed by atoms with Gasteiger partial charge in [-0.25, -0.2) is 0 Å². The first-order chi connectivity index (χ1) is 19.1. The van der Waals surface area contributed by atoms with Crippen molar-refractivity contribution in [3.05, 3.63) is 0 Å². The van der Waals surface area contributed by atoms with E-state index in [0.717, 1.165) is 0 Å². The molecule has 2 heteroatoms. The Kier molecular flexibility index (Phi) is 37.6. The maximum atomic E-state index is 2.47. The molecule has 0 aliphatic carbocycles. The summed E-state index contributed by atoms with van der Waals surface area (Å²) in [5.41, 5.74) is 0. The molecular formula is C38H80ClN. The molecule has 0 atom stereocenters. The third-order valence-electron chi connectivity index (χ3n) is 9.23. The molecule has 0 aliphatic rings. The summed E-state index contributed by atoms with van der Waals surface area (Å²) in [6.07, 6.45) is 46.9. The molecule has 0 rings (SSSR count). The van der Waals surface area contributed by atoms with Crippen molar-refractivity contribution in [3.8, 4) is 0 Å². The molecule has 0 aromatic heterocycles. The van der Waals surface area contributed by atoms with Crippen molar-refractivity contribution in [3.63, 3.8) is 0 Å². The molecule has 0 fully saturated rings. The van der Waals surface area contributed by atoms with Crippen LogP contribution in [-0.4, -0.2) is 31.7 Å². The SMILES string of the molecule is CCCCCCCCCCCCCCCCCCC[N+](C)(C)CCCCCCCCCCCCCCCCC.[Cl-]. The molecule has 1 nitrogen and oxygen atoms in total. The van der Waals surface area contributed by atoms with Gasteiger partial charge in [0, 0.05) is 0 Å². The van der Waals surface area contributed by atoms with Gasteiger partial charge in [-0.05, 0) is 25.7 Å². The van der Waals surface area contributed by atoms with Crippen LogP contribution in [0.1, 0.15) is 219 Å². The van der Waals surface area contributed by atoms with E-state index < -0.39 is 0 Å². The monoisotopic (exact) mass is 586 g/mol. The van der Waals surface area contributed by atoms with E-state index in [-0.39, 0.29) is 12.4 Å². The Balaban J connectivity index is 0. The van der Waals surface area contributed by atoms with Crippen LogP contribution >= 0.6 is 0 Å². The van der Waals surface area contributed by atoms with Crippen LogP contribution in [0.2, 0.25) is 0 Å². The van der Waals surface area contributed by atoms with E-state index in [0.29, 0.717) is 0 Å². The first kappa shape index (κ1) is 42.4. The van der Waals surface area contributed by atoms with Crippen molar-refractivity contribution in [2.75, 3.05) is 27.2 Å². The Morgan fingerprint density at radius 1 is 0.250 bits per heavy atom. The highest BCUT2D eigenvalue weighted by molar-refractivity contribution is 4.52. The molecule has 0 aromatic rings. The molecule has 0 saturated carbocycles. The maximum Gasteiger partial charge on any atom is 0.0782 e. The summed E-state index contributed by atoms with van der Waals surface area (Å²) in [4.78, 5) is 0. The fourth-order valence-corrected chi connectivity index (χ4v) is 6.29. The van der Waals surface area contributed by atoms with Crippen molar-refractivity contribution in [1.82, 2.24) is 0 Å². The number of hydrogen-bond acceptors (Lipinski definition) is 0. The average Bonchev–Trinajstić information content (AvgIpc) is 2.92. The summed E-state index contributed by atoms with van der Waals surface area (Å²) in [5.74, 6) is 0. The number of rotatable bonds is 34. The van der Waals surface area contributed by atoms with Crippen molar-refractivity contribution >= 4 is 0 Å². The Morgan fingerprint density at radius 3 is 0.575 bits per heavy atom. The van der Waals surface area contributed by atoms with Crippen LogP contribution in [0.4, 0.5) is 0 Å². The topological polar surface area (TPSA) is 0 Å². The van der Waals surface area contributed by atoms with Gasteiger partial charge in [0.2, 0.25) is 0 Å². The van der Waals surface area contributed by atoms with Crippen LogP contribution in [0.3, 0.4) is 0 Å². The fraction of sp³-hybridized carbons (Fsp3) is 1.00. The summed E-state index contributed by atoms with van der Waals surface area (Å²) < 4.78 is 1.25. The molecule has 0 spiro atoms. The molecule has 0 bridgehead atoms. The normalized spacial score (nSPS) is 11.7. The predicted octanol–water partition coefficient (Wildman–Crippen LogP) is 10.6. The summed E-state index contributed by atoms with van der Waals surface area (Å²) in [7, 11) is 4.94. The summed E-state index contributed by atoms with van der Waals surface area (Å²) in [6.45, 7) is 7.39. The lowest BCUT2D eigenvalue weighted by Crippen LogP contribution is -3.00. The molecule has 0 aliphatic heterocycles. The van der Waals surface area contributed by atoms with Gasteiger partial charge in [0.1, 0.15) is 0 Å². The minimum absolute atomic E-state index is 0. The molecule has 0 amide bonds. The molecule has 40 heavy (non-hydrogen) atoms. The van der Waals surface area contributed by atoms with Gasteiger partial charge in [0.05, 0.1) is 27.2 Å². The lowest BCUT2D eigenvalue weighted by atomic mass is 10.0. The minimum Gasteiger partial charge on any atom is -1.00 e. The smallest absolute Gasteiger partial charge is 0.0782 e. The molecule has 0 aromatic carbocycles. The minimum atomic E-state index is 0.